The summed E-state index contributed by atoms with van der Waals surface area (Å²) in [4.78, 5) is 0.680. The lowest BCUT2D eigenvalue weighted by Crippen LogP contribution is -2.04. The van der Waals surface area contributed by atoms with Gasteiger partial charge in [-0.05, 0) is 34.1 Å². The molecule has 1 nitrogen and oxygen atoms in total. The maximum atomic E-state index is 13.4. The molecule has 17 heavy (non-hydrogen) atoms. The molecule has 1 atom stereocenters. The van der Waals surface area contributed by atoms with Crippen LogP contribution in [0, 0.1) is 11.6 Å². The highest BCUT2D eigenvalue weighted by Crippen LogP contribution is 2.29. The number of rotatable bonds is 3. The van der Waals surface area contributed by atoms with Crippen LogP contribution in [0.5, 0.6) is 0 Å². The third kappa shape index (κ3) is 2.91. The molecule has 1 N–H and O–H groups in total. The monoisotopic (exact) mass is 318 g/mol. The number of hydrogen-bond acceptors (Lipinski definition) is 2. The third-order valence-corrected chi connectivity index (χ3v) is 4.17. The summed E-state index contributed by atoms with van der Waals surface area (Å²) in [5.41, 5.74) is -0.0791. The van der Waals surface area contributed by atoms with E-state index in [9.17, 15) is 13.9 Å². The van der Waals surface area contributed by atoms with Gasteiger partial charge in [-0.2, -0.15) is 0 Å². The van der Waals surface area contributed by atoms with Gasteiger partial charge in [0.25, 0.3) is 0 Å². The lowest BCUT2D eigenvalue weighted by atomic mass is 10.1. The molecule has 1 unspecified atom stereocenters. The predicted octanol–water partition coefficient (Wildman–Crippen LogP) is 4.06. The summed E-state index contributed by atoms with van der Waals surface area (Å²) in [6.07, 6.45) is -0.955. The van der Waals surface area contributed by atoms with Crippen LogP contribution in [0.25, 0.3) is 0 Å². The highest BCUT2D eigenvalue weighted by atomic mass is 79.9. The Morgan fingerprint density at radius 3 is 2.47 bits per heavy atom. The van der Waals surface area contributed by atoms with Gasteiger partial charge in [-0.15, -0.1) is 11.3 Å². The second-order valence-corrected chi connectivity index (χ2v) is 5.45. The molecular formula is C12H9BrF2OS. The van der Waals surface area contributed by atoms with Gasteiger partial charge in [0.15, 0.2) is 0 Å². The van der Waals surface area contributed by atoms with Crippen LogP contribution in [-0.2, 0) is 6.42 Å². The largest absolute Gasteiger partial charge is 0.387 e. The van der Waals surface area contributed by atoms with Crippen molar-refractivity contribution in [2.24, 2.45) is 0 Å². The molecule has 0 bridgehead atoms. The summed E-state index contributed by atoms with van der Waals surface area (Å²) < 4.78 is 27.6. The first-order valence-corrected chi connectivity index (χ1v) is 6.60. The predicted molar refractivity (Wildman–Crippen MR) is 67.0 cm³/mol. The van der Waals surface area contributed by atoms with E-state index >= 15 is 0 Å². The number of aliphatic hydroxyl groups excluding tert-OH is 1. The van der Waals surface area contributed by atoms with Crippen molar-refractivity contribution in [2.75, 3.05) is 0 Å². The van der Waals surface area contributed by atoms with E-state index in [0.717, 1.165) is 4.47 Å². The summed E-state index contributed by atoms with van der Waals surface area (Å²) in [6.45, 7) is 0. The van der Waals surface area contributed by atoms with E-state index in [1.807, 2.05) is 5.38 Å². The average Bonchev–Trinajstić information content (AvgIpc) is 2.70. The van der Waals surface area contributed by atoms with Crippen molar-refractivity contribution < 1.29 is 13.9 Å². The number of hydrogen-bond donors (Lipinski definition) is 1. The number of benzene rings is 1. The molecule has 0 fully saturated rings. The van der Waals surface area contributed by atoms with E-state index in [1.165, 1.54) is 29.5 Å². The van der Waals surface area contributed by atoms with Crippen LogP contribution in [0.3, 0.4) is 0 Å². The molecule has 2 aromatic rings. The zero-order valence-electron chi connectivity index (χ0n) is 8.66. The van der Waals surface area contributed by atoms with Crippen molar-refractivity contribution in [1.82, 2.24) is 0 Å². The van der Waals surface area contributed by atoms with E-state index < -0.39 is 17.7 Å². The normalized spacial score (nSPS) is 12.7. The molecule has 2 rings (SSSR count). The van der Waals surface area contributed by atoms with Crippen LogP contribution >= 0.6 is 27.3 Å². The van der Waals surface area contributed by atoms with Crippen molar-refractivity contribution >= 4 is 27.3 Å². The van der Waals surface area contributed by atoms with Gasteiger partial charge in [0.05, 0.1) is 6.10 Å². The fraction of sp³-hybridized carbons (Fsp3) is 0.167. The Kier molecular flexibility index (Phi) is 3.91. The van der Waals surface area contributed by atoms with Crippen LogP contribution in [0.4, 0.5) is 8.78 Å². The molecule has 0 spiro atoms. The van der Waals surface area contributed by atoms with Crippen molar-refractivity contribution in [2.45, 2.75) is 12.5 Å². The fourth-order valence-electron chi connectivity index (χ4n) is 1.52. The van der Waals surface area contributed by atoms with E-state index in [4.69, 9.17) is 0 Å². The molecule has 5 heteroatoms. The Balaban J connectivity index is 2.21. The Morgan fingerprint density at radius 2 is 1.94 bits per heavy atom. The van der Waals surface area contributed by atoms with Crippen LogP contribution in [0.2, 0.25) is 0 Å². The first kappa shape index (κ1) is 12.7. The van der Waals surface area contributed by atoms with Gasteiger partial charge in [0, 0.05) is 26.7 Å². The topological polar surface area (TPSA) is 20.2 Å². The minimum atomic E-state index is -0.891. The lowest BCUT2D eigenvalue weighted by molar-refractivity contribution is 0.179. The molecule has 0 aliphatic carbocycles. The molecule has 1 aromatic heterocycles. The van der Waals surface area contributed by atoms with Crippen LogP contribution in [-0.4, -0.2) is 5.11 Å². The molecule has 0 aliphatic heterocycles. The van der Waals surface area contributed by atoms with Crippen molar-refractivity contribution in [3.63, 3.8) is 0 Å². The standard InChI is InChI=1S/C12H9BrF2OS/c13-7-4-12(17-6-7)11(16)5-8-9(14)2-1-3-10(8)15/h1-4,6,11,16H,5H2. The number of thiophene rings is 1. The lowest BCUT2D eigenvalue weighted by Gasteiger charge is -2.10. The van der Waals surface area contributed by atoms with Crippen LogP contribution < -0.4 is 0 Å². The molecular weight excluding hydrogens is 310 g/mol. The summed E-state index contributed by atoms with van der Waals surface area (Å²) in [5.74, 6) is -1.25. The van der Waals surface area contributed by atoms with Gasteiger partial charge in [-0.25, -0.2) is 8.78 Å². The SMILES string of the molecule is OC(Cc1c(F)cccc1F)c1cc(Br)cs1. The average molecular weight is 319 g/mol. The molecule has 1 aromatic carbocycles. The molecule has 0 radical (unpaired) electrons. The van der Waals surface area contributed by atoms with Gasteiger partial charge in [0.2, 0.25) is 0 Å². The van der Waals surface area contributed by atoms with Crippen molar-refractivity contribution in [3.8, 4) is 0 Å². The quantitative estimate of drug-likeness (QED) is 0.904. The first-order chi connectivity index (χ1) is 8.08. The number of aliphatic hydroxyl groups is 1. The van der Waals surface area contributed by atoms with Crippen LogP contribution in [0.15, 0.2) is 34.1 Å². The van der Waals surface area contributed by atoms with Gasteiger partial charge < -0.3 is 5.11 Å². The van der Waals surface area contributed by atoms with Gasteiger partial charge in [0.1, 0.15) is 11.6 Å². The number of halogens is 3. The minimum Gasteiger partial charge on any atom is -0.387 e. The third-order valence-electron chi connectivity index (χ3n) is 2.38. The van der Waals surface area contributed by atoms with Crippen LogP contribution in [0.1, 0.15) is 16.5 Å². The van der Waals surface area contributed by atoms with E-state index in [0.29, 0.717) is 4.88 Å². The fourth-order valence-corrected chi connectivity index (χ4v) is 2.95. The molecule has 0 saturated carbocycles. The van der Waals surface area contributed by atoms with E-state index in [2.05, 4.69) is 15.9 Å². The summed E-state index contributed by atoms with van der Waals surface area (Å²) in [7, 11) is 0. The zero-order chi connectivity index (χ0) is 12.4. The molecule has 0 saturated heterocycles. The summed E-state index contributed by atoms with van der Waals surface area (Å²) in [6, 6.07) is 5.43. The van der Waals surface area contributed by atoms with Gasteiger partial charge in [-0.3, -0.25) is 0 Å². The zero-order valence-corrected chi connectivity index (χ0v) is 11.1. The molecule has 0 aliphatic rings. The van der Waals surface area contributed by atoms with E-state index in [1.54, 1.807) is 6.07 Å². The van der Waals surface area contributed by atoms with Crippen molar-refractivity contribution in [1.29, 1.82) is 0 Å². The molecule has 90 valence electrons. The second kappa shape index (κ2) is 5.25. The smallest absolute Gasteiger partial charge is 0.129 e. The van der Waals surface area contributed by atoms with Gasteiger partial charge in [-0.1, -0.05) is 6.07 Å². The minimum absolute atomic E-state index is 0.0640. The Bertz CT molecular complexity index is 507. The maximum Gasteiger partial charge on any atom is 0.129 e. The Hall–Kier alpha value is -0.780. The second-order valence-electron chi connectivity index (χ2n) is 3.59. The van der Waals surface area contributed by atoms with Gasteiger partial charge >= 0.3 is 0 Å². The Labute approximate surface area is 110 Å². The summed E-state index contributed by atoms with van der Waals surface area (Å²) in [5, 5.41) is 11.7. The van der Waals surface area contributed by atoms with Crippen molar-refractivity contribution in [3.05, 3.63) is 56.2 Å². The maximum absolute atomic E-state index is 13.4. The highest BCUT2D eigenvalue weighted by molar-refractivity contribution is 9.10. The first-order valence-electron chi connectivity index (χ1n) is 4.93. The molecule has 1 heterocycles. The van der Waals surface area contributed by atoms with E-state index in [-0.39, 0.29) is 12.0 Å². The highest BCUT2D eigenvalue weighted by Gasteiger charge is 2.16. The molecule has 0 amide bonds. The summed E-state index contributed by atoms with van der Waals surface area (Å²) >= 11 is 4.61. The Morgan fingerprint density at radius 1 is 1.29 bits per heavy atom.